The number of benzene rings is 4. The van der Waals surface area contributed by atoms with E-state index in [0.29, 0.717) is 24.4 Å². The fourth-order valence-corrected chi connectivity index (χ4v) is 7.62. The minimum absolute atomic E-state index is 0.193. The summed E-state index contributed by atoms with van der Waals surface area (Å²) in [5, 5.41) is 3.08. The van der Waals surface area contributed by atoms with Crippen LogP contribution in [-0.4, -0.2) is 71.6 Å². The number of imidazole rings is 1. The van der Waals surface area contributed by atoms with Crippen LogP contribution in [0.5, 0.6) is 5.75 Å². The molecular formula is C40H41N5O4S. The Bertz CT molecular complexity index is 2100. The lowest BCUT2D eigenvalue weighted by Gasteiger charge is -2.31. The van der Waals surface area contributed by atoms with E-state index in [4.69, 9.17) is 14.5 Å². The molecule has 50 heavy (non-hydrogen) atoms. The lowest BCUT2D eigenvalue weighted by atomic mass is 10.0. The van der Waals surface area contributed by atoms with Crippen LogP contribution < -0.4 is 15.0 Å². The molecule has 256 valence electrons. The van der Waals surface area contributed by atoms with Crippen LogP contribution in [0.2, 0.25) is 0 Å². The minimum atomic E-state index is -0.750. The van der Waals surface area contributed by atoms with Crippen molar-refractivity contribution in [1.29, 1.82) is 0 Å². The summed E-state index contributed by atoms with van der Waals surface area (Å²) in [5.41, 5.74) is 7.26. The van der Waals surface area contributed by atoms with Gasteiger partial charge in [-0.1, -0.05) is 59.9 Å². The van der Waals surface area contributed by atoms with Gasteiger partial charge in [0.2, 0.25) is 11.8 Å². The zero-order valence-corrected chi connectivity index (χ0v) is 29.4. The van der Waals surface area contributed by atoms with Gasteiger partial charge < -0.3 is 14.8 Å². The average molecular weight is 688 g/mol. The lowest BCUT2D eigenvalue weighted by molar-refractivity contribution is -0.122. The quantitative estimate of drug-likeness (QED) is 0.156. The van der Waals surface area contributed by atoms with Crippen LogP contribution in [0.4, 0.5) is 11.4 Å². The largest absolute Gasteiger partial charge is 0.492 e. The standard InChI is InChI=1S/C40H41N5O4S/c1-27-21-28(2)23-33(22-27)45(29(3)46)37(24-30-7-5-4-6-8-30)39(47)41-32-11-9-31(10-12-32)35-26-44-36-14-13-34(25-38(36)50-40(44)42-35)49-20-17-43-15-18-48-19-16-43/h4-14,21-23,25-26,37H,15-20,24H2,1-3H3,(H,41,47). The molecule has 4 aromatic carbocycles. The van der Waals surface area contributed by atoms with Gasteiger partial charge >= 0.3 is 0 Å². The third-order valence-electron chi connectivity index (χ3n) is 9.00. The number of hydrogen-bond donors (Lipinski definition) is 1. The Hall–Kier alpha value is -5.03. The van der Waals surface area contributed by atoms with Crippen molar-refractivity contribution in [2.75, 3.05) is 49.7 Å². The normalized spacial score (nSPS) is 14.1. The van der Waals surface area contributed by atoms with Crippen molar-refractivity contribution in [1.82, 2.24) is 14.3 Å². The first-order valence-electron chi connectivity index (χ1n) is 17.0. The van der Waals surface area contributed by atoms with Crippen LogP contribution in [0.3, 0.4) is 0 Å². The molecule has 7 rings (SSSR count). The molecule has 1 saturated heterocycles. The monoisotopic (exact) mass is 687 g/mol. The zero-order valence-electron chi connectivity index (χ0n) is 28.6. The number of thiazole rings is 1. The number of aryl methyl sites for hydroxylation is 2. The van der Waals surface area contributed by atoms with E-state index in [-0.39, 0.29) is 11.8 Å². The van der Waals surface area contributed by atoms with E-state index < -0.39 is 6.04 Å². The van der Waals surface area contributed by atoms with E-state index in [1.54, 1.807) is 16.2 Å². The van der Waals surface area contributed by atoms with Crippen LogP contribution in [0.15, 0.2) is 97.2 Å². The first-order chi connectivity index (χ1) is 24.3. The van der Waals surface area contributed by atoms with Crippen LogP contribution in [0, 0.1) is 13.8 Å². The van der Waals surface area contributed by atoms with E-state index in [1.165, 1.54) is 6.92 Å². The molecular weight excluding hydrogens is 647 g/mol. The Morgan fingerprint density at radius 1 is 0.960 bits per heavy atom. The topological polar surface area (TPSA) is 88.4 Å². The highest BCUT2D eigenvalue weighted by atomic mass is 32.1. The molecule has 1 aliphatic rings. The maximum atomic E-state index is 14.0. The number of carbonyl (C=O) groups excluding carboxylic acids is 2. The van der Waals surface area contributed by atoms with Crippen molar-refractivity contribution in [2.45, 2.75) is 33.2 Å². The highest BCUT2D eigenvalue weighted by Gasteiger charge is 2.30. The van der Waals surface area contributed by atoms with Crippen LogP contribution in [0.25, 0.3) is 26.4 Å². The Morgan fingerprint density at radius 3 is 2.42 bits per heavy atom. The minimum Gasteiger partial charge on any atom is -0.492 e. The third kappa shape index (κ3) is 7.57. The summed E-state index contributed by atoms with van der Waals surface area (Å²) in [5.74, 6) is 0.412. The van der Waals surface area contributed by atoms with Gasteiger partial charge in [-0.25, -0.2) is 4.98 Å². The summed E-state index contributed by atoms with van der Waals surface area (Å²) in [7, 11) is 0. The highest BCUT2D eigenvalue weighted by molar-refractivity contribution is 7.23. The van der Waals surface area contributed by atoms with Gasteiger partial charge in [-0.15, -0.1) is 0 Å². The van der Waals surface area contributed by atoms with Gasteiger partial charge in [0.05, 0.1) is 29.1 Å². The second-order valence-corrected chi connectivity index (χ2v) is 13.8. The van der Waals surface area contributed by atoms with Crippen molar-refractivity contribution in [3.8, 4) is 17.0 Å². The van der Waals surface area contributed by atoms with Crippen LogP contribution >= 0.6 is 11.3 Å². The number of amides is 2. The number of fused-ring (bicyclic) bond motifs is 3. The van der Waals surface area contributed by atoms with Gasteiger partial charge in [0.15, 0.2) is 4.96 Å². The predicted octanol–water partition coefficient (Wildman–Crippen LogP) is 7.15. The van der Waals surface area contributed by atoms with E-state index in [9.17, 15) is 9.59 Å². The smallest absolute Gasteiger partial charge is 0.247 e. The Kier molecular flexibility index (Phi) is 9.93. The number of nitrogens with zero attached hydrogens (tertiary/aromatic N) is 4. The molecule has 3 heterocycles. The molecule has 1 aliphatic heterocycles. The molecule has 0 aliphatic carbocycles. The maximum absolute atomic E-state index is 14.0. The molecule has 2 aromatic heterocycles. The number of hydrogen-bond acceptors (Lipinski definition) is 7. The molecule has 9 nitrogen and oxygen atoms in total. The van der Waals surface area contributed by atoms with E-state index in [2.05, 4.69) is 32.8 Å². The van der Waals surface area contributed by atoms with Gasteiger partial charge in [0.25, 0.3) is 0 Å². The Balaban J connectivity index is 1.06. The Labute approximate surface area is 296 Å². The maximum Gasteiger partial charge on any atom is 0.247 e. The predicted molar refractivity (Wildman–Crippen MR) is 200 cm³/mol. The van der Waals surface area contributed by atoms with Crippen molar-refractivity contribution < 1.29 is 19.1 Å². The van der Waals surface area contributed by atoms with Crippen molar-refractivity contribution in [3.63, 3.8) is 0 Å². The SMILES string of the molecule is CC(=O)N(c1cc(C)cc(C)c1)C(Cc1ccccc1)C(=O)Nc1ccc(-c2cn3c(n2)sc2cc(OCCN4CCOCC4)ccc23)cc1. The summed E-state index contributed by atoms with van der Waals surface area (Å²) in [6.45, 7) is 10.5. The fraction of sp³-hybridized carbons (Fsp3) is 0.275. The second-order valence-electron chi connectivity index (χ2n) is 12.8. The molecule has 6 aromatic rings. The molecule has 1 N–H and O–H groups in total. The van der Waals surface area contributed by atoms with Crippen molar-refractivity contribution in [2.24, 2.45) is 0 Å². The third-order valence-corrected chi connectivity index (χ3v) is 10.0. The van der Waals surface area contributed by atoms with Crippen LogP contribution in [-0.2, 0) is 20.7 Å². The first kappa shape index (κ1) is 33.5. The summed E-state index contributed by atoms with van der Waals surface area (Å²) in [6, 6.07) is 28.9. The summed E-state index contributed by atoms with van der Waals surface area (Å²) in [4.78, 5) is 36.9. The molecule has 1 unspecified atom stereocenters. The molecule has 0 spiro atoms. The highest BCUT2D eigenvalue weighted by Crippen LogP contribution is 2.32. The van der Waals surface area contributed by atoms with Gasteiger partial charge in [0.1, 0.15) is 18.4 Å². The molecule has 1 atom stereocenters. The van der Waals surface area contributed by atoms with Crippen molar-refractivity contribution >= 4 is 49.7 Å². The molecule has 10 heteroatoms. The van der Waals surface area contributed by atoms with Gasteiger partial charge in [-0.2, -0.15) is 0 Å². The van der Waals surface area contributed by atoms with Gasteiger partial charge in [0, 0.05) is 56.1 Å². The molecule has 2 amide bonds. The lowest BCUT2D eigenvalue weighted by Crippen LogP contribution is -2.48. The van der Waals surface area contributed by atoms with Gasteiger partial charge in [-0.05, 0) is 73.0 Å². The number of carbonyl (C=O) groups is 2. The van der Waals surface area contributed by atoms with E-state index >= 15 is 0 Å². The molecule has 0 saturated carbocycles. The number of aromatic nitrogens is 2. The Morgan fingerprint density at radius 2 is 1.70 bits per heavy atom. The number of nitrogens with one attached hydrogen (secondary N) is 1. The van der Waals surface area contributed by atoms with Crippen LogP contribution in [0.1, 0.15) is 23.6 Å². The molecule has 1 fully saturated rings. The van der Waals surface area contributed by atoms with E-state index in [1.807, 2.05) is 92.8 Å². The fourth-order valence-electron chi connectivity index (χ4n) is 6.59. The van der Waals surface area contributed by atoms with E-state index in [0.717, 1.165) is 81.7 Å². The number of ether oxygens (including phenoxy) is 2. The molecule has 0 bridgehead atoms. The molecule has 0 radical (unpaired) electrons. The second kappa shape index (κ2) is 14.8. The summed E-state index contributed by atoms with van der Waals surface area (Å²) < 4.78 is 14.7. The average Bonchev–Trinajstić information content (AvgIpc) is 3.67. The number of anilines is 2. The summed E-state index contributed by atoms with van der Waals surface area (Å²) in [6.07, 6.45) is 2.42. The van der Waals surface area contributed by atoms with Crippen molar-refractivity contribution in [3.05, 3.63) is 114 Å². The zero-order chi connectivity index (χ0) is 34.6. The number of rotatable bonds is 11. The number of morpholine rings is 1. The first-order valence-corrected chi connectivity index (χ1v) is 17.8. The summed E-state index contributed by atoms with van der Waals surface area (Å²) >= 11 is 1.63. The van der Waals surface area contributed by atoms with Gasteiger partial charge in [-0.3, -0.25) is 23.8 Å².